The predicted molar refractivity (Wildman–Crippen MR) is 117 cm³/mol. The first kappa shape index (κ1) is 20.3. The molecule has 2 aromatic heterocycles. The number of aromatic nitrogens is 1. The van der Waals surface area contributed by atoms with Crippen LogP contribution in [0.15, 0.2) is 47.0 Å². The number of rotatable bonds is 7. The Hall–Kier alpha value is -1.06. The number of nitrogens with one attached hydrogen (secondary N) is 2. The van der Waals surface area contributed by atoms with Gasteiger partial charge in [-0.05, 0) is 49.5 Å². The lowest BCUT2D eigenvalue weighted by Gasteiger charge is -2.27. The van der Waals surface area contributed by atoms with E-state index in [0.29, 0.717) is 6.04 Å². The van der Waals surface area contributed by atoms with E-state index in [-0.39, 0.29) is 24.0 Å². The van der Waals surface area contributed by atoms with Crippen molar-refractivity contribution in [3.63, 3.8) is 0 Å². The van der Waals surface area contributed by atoms with Gasteiger partial charge in [0.1, 0.15) is 0 Å². The van der Waals surface area contributed by atoms with Crippen LogP contribution in [0.4, 0.5) is 0 Å². The Morgan fingerprint density at radius 1 is 1.20 bits per heavy atom. The molecule has 7 heteroatoms. The Morgan fingerprint density at radius 3 is 2.60 bits per heavy atom. The summed E-state index contributed by atoms with van der Waals surface area (Å²) in [5.41, 5.74) is 0. The van der Waals surface area contributed by atoms with Crippen molar-refractivity contribution in [3.8, 4) is 0 Å². The monoisotopic (exact) mass is 473 g/mol. The van der Waals surface area contributed by atoms with Gasteiger partial charge in [-0.1, -0.05) is 6.07 Å². The number of halogens is 1. The Balaban J connectivity index is 0.00000225. The van der Waals surface area contributed by atoms with Gasteiger partial charge in [0.15, 0.2) is 5.96 Å². The van der Waals surface area contributed by atoms with Crippen LogP contribution in [0.2, 0.25) is 0 Å². The predicted octanol–water partition coefficient (Wildman–Crippen LogP) is 3.17. The summed E-state index contributed by atoms with van der Waals surface area (Å²) in [6.07, 6.45) is 6.79. The summed E-state index contributed by atoms with van der Waals surface area (Å²) in [7, 11) is 1.83. The maximum atomic E-state index is 4.36. The second-order valence-corrected chi connectivity index (χ2v) is 7.05. The van der Waals surface area contributed by atoms with E-state index in [1.165, 1.54) is 30.8 Å². The molecule has 2 N–H and O–H groups in total. The van der Waals surface area contributed by atoms with Crippen LogP contribution in [0, 0.1) is 0 Å². The average molecular weight is 473 g/mol. The van der Waals surface area contributed by atoms with Crippen LogP contribution in [-0.2, 0) is 6.54 Å². The van der Waals surface area contributed by atoms with E-state index < -0.39 is 0 Å². The first-order valence-corrected chi connectivity index (χ1v) is 9.57. The molecule has 3 rings (SSSR count). The number of aliphatic imine (C=N–C) groups is 1. The number of nitrogens with zero attached hydrogens (tertiary/aromatic N) is 3. The van der Waals surface area contributed by atoms with Crippen LogP contribution >= 0.6 is 35.3 Å². The summed E-state index contributed by atoms with van der Waals surface area (Å²) < 4.78 is 2.17. The van der Waals surface area contributed by atoms with Crippen molar-refractivity contribution in [2.75, 3.05) is 33.2 Å². The van der Waals surface area contributed by atoms with Gasteiger partial charge in [0, 0.05) is 44.0 Å². The molecule has 25 heavy (non-hydrogen) atoms. The smallest absolute Gasteiger partial charge is 0.191 e. The van der Waals surface area contributed by atoms with Crippen molar-refractivity contribution in [3.05, 3.63) is 46.9 Å². The highest BCUT2D eigenvalue weighted by atomic mass is 127. The van der Waals surface area contributed by atoms with Gasteiger partial charge in [-0.2, -0.15) is 0 Å². The zero-order chi connectivity index (χ0) is 16.6. The molecule has 0 radical (unpaired) electrons. The Labute approximate surface area is 171 Å². The quantitative estimate of drug-likeness (QED) is 0.369. The molecule has 1 aliphatic rings. The van der Waals surface area contributed by atoms with Crippen LogP contribution in [0.5, 0.6) is 0 Å². The molecule has 3 heterocycles. The Bertz CT molecular complexity index is 605. The van der Waals surface area contributed by atoms with Crippen molar-refractivity contribution in [2.24, 2.45) is 4.99 Å². The fourth-order valence-corrected chi connectivity index (χ4v) is 4.04. The first-order chi connectivity index (χ1) is 11.9. The molecule has 1 atom stereocenters. The maximum absolute atomic E-state index is 4.36. The highest BCUT2D eigenvalue weighted by molar-refractivity contribution is 14.0. The second-order valence-electron chi connectivity index (χ2n) is 6.08. The van der Waals surface area contributed by atoms with Crippen LogP contribution in [0.25, 0.3) is 0 Å². The zero-order valence-corrected chi connectivity index (χ0v) is 17.9. The van der Waals surface area contributed by atoms with Gasteiger partial charge < -0.3 is 15.2 Å². The summed E-state index contributed by atoms with van der Waals surface area (Å²) in [4.78, 5) is 8.38. The largest absolute Gasteiger partial charge is 0.355 e. The number of guanidine groups is 1. The topological polar surface area (TPSA) is 44.6 Å². The van der Waals surface area contributed by atoms with Crippen molar-refractivity contribution < 1.29 is 0 Å². The highest BCUT2D eigenvalue weighted by Gasteiger charge is 2.24. The molecular formula is C18H28IN5S. The van der Waals surface area contributed by atoms with Gasteiger partial charge in [0.05, 0.1) is 6.04 Å². The third-order valence-electron chi connectivity index (χ3n) is 4.47. The maximum Gasteiger partial charge on any atom is 0.191 e. The molecule has 1 saturated heterocycles. The van der Waals surface area contributed by atoms with Gasteiger partial charge in [0.25, 0.3) is 0 Å². The molecule has 1 aliphatic heterocycles. The molecular weight excluding hydrogens is 445 g/mol. The third kappa shape index (κ3) is 6.00. The minimum absolute atomic E-state index is 0. The Morgan fingerprint density at radius 2 is 1.96 bits per heavy atom. The molecule has 0 amide bonds. The molecule has 1 fully saturated rings. The van der Waals surface area contributed by atoms with Gasteiger partial charge in [-0.25, -0.2) is 0 Å². The normalized spacial score (nSPS) is 16.4. The molecule has 0 aromatic carbocycles. The molecule has 5 nitrogen and oxygen atoms in total. The minimum Gasteiger partial charge on any atom is -0.355 e. The van der Waals surface area contributed by atoms with E-state index in [9.17, 15) is 0 Å². The number of thiophene rings is 1. The highest BCUT2D eigenvalue weighted by Crippen LogP contribution is 2.27. The zero-order valence-electron chi connectivity index (χ0n) is 14.7. The fourth-order valence-electron chi connectivity index (χ4n) is 3.18. The second kappa shape index (κ2) is 10.8. The van der Waals surface area contributed by atoms with Gasteiger partial charge in [0.2, 0.25) is 0 Å². The summed E-state index contributed by atoms with van der Waals surface area (Å²) in [6.45, 7) is 5.09. The number of hydrogen-bond donors (Lipinski definition) is 2. The first-order valence-electron chi connectivity index (χ1n) is 8.69. The molecule has 138 valence electrons. The summed E-state index contributed by atoms with van der Waals surface area (Å²) in [6, 6.07) is 8.93. The molecule has 0 saturated carbocycles. The van der Waals surface area contributed by atoms with E-state index in [0.717, 1.165) is 25.6 Å². The van der Waals surface area contributed by atoms with Crippen LogP contribution in [-0.4, -0.2) is 48.7 Å². The van der Waals surface area contributed by atoms with E-state index in [1.54, 1.807) is 0 Å². The van der Waals surface area contributed by atoms with Crippen molar-refractivity contribution >= 4 is 41.3 Å². The summed E-state index contributed by atoms with van der Waals surface area (Å²) in [5.74, 6) is 0.878. The van der Waals surface area contributed by atoms with Crippen LogP contribution in [0.3, 0.4) is 0 Å². The standard InChI is InChI=1S/C18H27N5S.HI/c1-19-18(20-8-13-22-9-2-3-10-22)21-15-16(17-7-6-14-24-17)23-11-4-5-12-23;/h2-3,6-7,9-10,14,16H,4-5,8,11-13,15H2,1H3,(H2,19,20,21);1H. The lowest BCUT2D eigenvalue weighted by Crippen LogP contribution is -2.43. The minimum atomic E-state index is 0. The molecule has 0 bridgehead atoms. The molecule has 0 spiro atoms. The van der Waals surface area contributed by atoms with Gasteiger partial charge in [-0.3, -0.25) is 9.89 Å². The van der Waals surface area contributed by atoms with Gasteiger partial charge >= 0.3 is 0 Å². The average Bonchev–Trinajstić information content (AvgIpc) is 3.35. The molecule has 0 aliphatic carbocycles. The summed E-state index contributed by atoms with van der Waals surface area (Å²) in [5, 5.41) is 9.08. The lowest BCUT2D eigenvalue weighted by atomic mass is 10.2. The van der Waals surface area contributed by atoms with Crippen LogP contribution in [0.1, 0.15) is 23.8 Å². The van der Waals surface area contributed by atoms with Crippen molar-refractivity contribution in [1.82, 2.24) is 20.1 Å². The van der Waals surface area contributed by atoms with Crippen LogP contribution < -0.4 is 10.6 Å². The van der Waals surface area contributed by atoms with E-state index in [4.69, 9.17) is 0 Å². The fraction of sp³-hybridized carbons (Fsp3) is 0.500. The van der Waals surface area contributed by atoms with E-state index >= 15 is 0 Å². The number of hydrogen-bond acceptors (Lipinski definition) is 3. The van der Waals surface area contributed by atoms with Crippen molar-refractivity contribution in [2.45, 2.75) is 25.4 Å². The van der Waals surface area contributed by atoms with Crippen molar-refractivity contribution in [1.29, 1.82) is 0 Å². The van der Waals surface area contributed by atoms with E-state index in [1.807, 2.05) is 18.4 Å². The third-order valence-corrected chi connectivity index (χ3v) is 5.44. The molecule has 2 aromatic rings. The number of likely N-dealkylation sites (tertiary alicyclic amines) is 1. The van der Waals surface area contributed by atoms with E-state index in [2.05, 4.69) is 67.1 Å². The Kier molecular flexibility index (Phi) is 8.77. The molecule has 1 unspecified atom stereocenters. The summed E-state index contributed by atoms with van der Waals surface area (Å²) >= 11 is 1.85. The SMILES string of the molecule is CN=C(NCCn1cccc1)NCC(c1cccs1)N1CCCC1.I. The van der Waals surface area contributed by atoms with Gasteiger partial charge in [-0.15, -0.1) is 35.3 Å². The lowest BCUT2D eigenvalue weighted by molar-refractivity contribution is 0.249.